The molecule has 1 aromatic heterocycles. The number of H-pyrrole nitrogens is 1. The quantitative estimate of drug-likeness (QED) is 0.646. The lowest BCUT2D eigenvalue weighted by Crippen LogP contribution is -2.34. The SMILES string of the molecule is CN(CCC1CCN(Cc2ccccc2)CC1)Cc1c[nH]c2ccccc12. The van der Waals surface area contributed by atoms with Gasteiger partial charge in [0.25, 0.3) is 0 Å². The Morgan fingerprint density at radius 2 is 1.74 bits per heavy atom. The van der Waals surface area contributed by atoms with E-state index in [2.05, 4.69) is 82.6 Å². The number of fused-ring (bicyclic) bond motifs is 1. The lowest BCUT2D eigenvalue weighted by atomic mass is 9.93. The van der Waals surface area contributed by atoms with Crippen molar-refractivity contribution in [2.24, 2.45) is 5.92 Å². The van der Waals surface area contributed by atoms with Crippen molar-refractivity contribution in [3.05, 3.63) is 71.9 Å². The largest absolute Gasteiger partial charge is 0.361 e. The fraction of sp³-hybridized carbons (Fsp3) is 0.417. The first-order chi connectivity index (χ1) is 13.3. The molecule has 3 heteroatoms. The number of aromatic nitrogens is 1. The van der Waals surface area contributed by atoms with Crippen LogP contribution in [0.15, 0.2) is 60.8 Å². The fourth-order valence-electron chi connectivity index (χ4n) is 4.31. The van der Waals surface area contributed by atoms with E-state index in [1.54, 1.807) is 0 Å². The zero-order valence-electron chi connectivity index (χ0n) is 16.4. The van der Waals surface area contributed by atoms with Crippen LogP contribution in [0, 0.1) is 5.92 Å². The monoisotopic (exact) mass is 361 g/mol. The summed E-state index contributed by atoms with van der Waals surface area (Å²) in [7, 11) is 2.26. The van der Waals surface area contributed by atoms with Crippen molar-refractivity contribution >= 4 is 10.9 Å². The van der Waals surface area contributed by atoms with E-state index in [0.717, 1.165) is 19.0 Å². The molecule has 4 rings (SSSR count). The number of nitrogens with zero attached hydrogens (tertiary/aromatic N) is 2. The topological polar surface area (TPSA) is 22.3 Å². The highest BCUT2D eigenvalue weighted by atomic mass is 15.1. The number of rotatable bonds is 7. The summed E-state index contributed by atoms with van der Waals surface area (Å²) in [5, 5.41) is 1.36. The van der Waals surface area contributed by atoms with Gasteiger partial charge in [-0.25, -0.2) is 0 Å². The zero-order chi connectivity index (χ0) is 18.5. The molecule has 1 N–H and O–H groups in total. The van der Waals surface area contributed by atoms with Crippen LogP contribution in [0.5, 0.6) is 0 Å². The van der Waals surface area contributed by atoms with E-state index in [1.165, 1.54) is 60.9 Å². The highest BCUT2D eigenvalue weighted by Crippen LogP contribution is 2.23. The molecule has 0 unspecified atom stereocenters. The average molecular weight is 362 g/mol. The molecule has 1 aliphatic rings. The molecule has 3 nitrogen and oxygen atoms in total. The van der Waals surface area contributed by atoms with Crippen molar-refractivity contribution in [2.75, 3.05) is 26.7 Å². The first kappa shape index (κ1) is 18.3. The first-order valence-corrected chi connectivity index (χ1v) is 10.3. The summed E-state index contributed by atoms with van der Waals surface area (Å²) < 4.78 is 0. The van der Waals surface area contributed by atoms with E-state index in [4.69, 9.17) is 0 Å². The molecule has 1 saturated heterocycles. The lowest BCUT2D eigenvalue weighted by molar-refractivity contribution is 0.162. The predicted octanol–water partition coefficient (Wildman–Crippen LogP) is 4.90. The minimum atomic E-state index is 0.877. The maximum absolute atomic E-state index is 3.39. The molecule has 0 radical (unpaired) electrons. The van der Waals surface area contributed by atoms with E-state index in [-0.39, 0.29) is 0 Å². The van der Waals surface area contributed by atoms with Crippen molar-refractivity contribution in [3.8, 4) is 0 Å². The highest BCUT2D eigenvalue weighted by molar-refractivity contribution is 5.82. The summed E-state index contributed by atoms with van der Waals surface area (Å²) in [4.78, 5) is 8.48. The van der Waals surface area contributed by atoms with Crippen molar-refractivity contribution in [2.45, 2.75) is 32.4 Å². The standard InChI is InChI=1S/C24H31N3/c1-26(19-22-17-25-24-10-6-5-9-23(22)24)14-11-20-12-15-27(16-13-20)18-21-7-3-2-4-8-21/h2-10,17,20,25H,11-16,18-19H2,1H3. The second-order valence-electron chi connectivity index (χ2n) is 8.09. The van der Waals surface area contributed by atoms with Gasteiger partial charge in [0.1, 0.15) is 0 Å². The van der Waals surface area contributed by atoms with Gasteiger partial charge in [0, 0.05) is 30.2 Å². The van der Waals surface area contributed by atoms with Gasteiger partial charge < -0.3 is 9.88 Å². The van der Waals surface area contributed by atoms with Crippen molar-refractivity contribution < 1.29 is 0 Å². The van der Waals surface area contributed by atoms with Gasteiger partial charge in [0.2, 0.25) is 0 Å². The molecule has 1 aliphatic heterocycles. The van der Waals surface area contributed by atoms with Crippen LogP contribution in [-0.4, -0.2) is 41.5 Å². The van der Waals surface area contributed by atoms with Gasteiger partial charge in [-0.3, -0.25) is 4.90 Å². The van der Waals surface area contributed by atoms with Gasteiger partial charge in [-0.2, -0.15) is 0 Å². The van der Waals surface area contributed by atoms with E-state index in [9.17, 15) is 0 Å². The maximum atomic E-state index is 3.39. The molecular weight excluding hydrogens is 330 g/mol. The molecule has 3 aromatic rings. The summed E-state index contributed by atoms with van der Waals surface area (Å²) in [6.45, 7) is 5.80. The molecule has 2 heterocycles. The van der Waals surface area contributed by atoms with Crippen LogP contribution in [-0.2, 0) is 13.1 Å². The molecule has 27 heavy (non-hydrogen) atoms. The Balaban J connectivity index is 1.20. The summed E-state index contributed by atoms with van der Waals surface area (Å²) >= 11 is 0. The second-order valence-corrected chi connectivity index (χ2v) is 8.09. The van der Waals surface area contributed by atoms with Crippen molar-refractivity contribution in [1.29, 1.82) is 0 Å². The van der Waals surface area contributed by atoms with Crippen molar-refractivity contribution in [1.82, 2.24) is 14.8 Å². The van der Waals surface area contributed by atoms with Gasteiger partial charge in [0.05, 0.1) is 0 Å². The van der Waals surface area contributed by atoms with E-state index < -0.39 is 0 Å². The highest BCUT2D eigenvalue weighted by Gasteiger charge is 2.19. The molecule has 1 fully saturated rings. The van der Waals surface area contributed by atoms with Crippen LogP contribution in [0.3, 0.4) is 0 Å². The summed E-state index contributed by atoms with van der Waals surface area (Å²) in [6.07, 6.45) is 6.17. The Kier molecular flexibility index (Phi) is 5.90. The Labute approximate surface area is 163 Å². The summed E-state index contributed by atoms with van der Waals surface area (Å²) in [5.41, 5.74) is 4.09. The Bertz CT molecular complexity index is 831. The molecule has 0 bridgehead atoms. The van der Waals surface area contributed by atoms with E-state index in [1.807, 2.05) is 0 Å². The van der Waals surface area contributed by atoms with Crippen LogP contribution in [0.25, 0.3) is 10.9 Å². The molecular formula is C24H31N3. The minimum absolute atomic E-state index is 0.877. The van der Waals surface area contributed by atoms with Crippen LogP contribution < -0.4 is 0 Å². The van der Waals surface area contributed by atoms with Crippen molar-refractivity contribution in [3.63, 3.8) is 0 Å². The summed E-state index contributed by atoms with van der Waals surface area (Å²) in [5.74, 6) is 0.877. The van der Waals surface area contributed by atoms with Crippen LogP contribution in [0.4, 0.5) is 0 Å². The van der Waals surface area contributed by atoms with Crippen LogP contribution in [0.2, 0.25) is 0 Å². The second kappa shape index (κ2) is 8.73. The number of benzene rings is 2. The predicted molar refractivity (Wildman–Crippen MR) is 114 cm³/mol. The Morgan fingerprint density at radius 3 is 2.56 bits per heavy atom. The number of hydrogen-bond donors (Lipinski definition) is 1. The number of piperidine rings is 1. The fourth-order valence-corrected chi connectivity index (χ4v) is 4.31. The third-order valence-corrected chi connectivity index (χ3v) is 5.99. The number of aromatic amines is 1. The van der Waals surface area contributed by atoms with Gasteiger partial charge in [0.15, 0.2) is 0 Å². The molecule has 0 aliphatic carbocycles. The number of nitrogens with one attached hydrogen (secondary N) is 1. The Hall–Kier alpha value is -2.10. The molecule has 0 saturated carbocycles. The van der Waals surface area contributed by atoms with Gasteiger partial charge in [-0.15, -0.1) is 0 Å². The smallest absolute Gasteiger partial charge is 0.0457 e. The molecule has 142 valence electrons. The minimum Gasteiger partial charge on any atom is -0.361 e. The molecule has 0 amide bonds. The van der Waals surface area contributed by atoms with E-state index in [0.29, 0.717) is 0 Å². The zero-order valence-corrected chi connectivity index (χ0v) is 16.4. The van der Waals surface area contributed by atoms with Crippen LogP contribution >= 0.6 is 0 Å². The lowest BCUT2D eigenvalue weighted by Gasteiger charge is -2.32. The molecule has 0 spiro atoms. The van der Waals surface area contributed by atoms with Gasteiger partial charge in [-0.1, -0.05) is 48.5 Å². The third-order valence-electron chi connectivity index (χ3n) is 5.99. The summed E-state index contributed by atoms with van der Waals surface area (Å²) in [6, 6.07) is 19.5. The third kappa shape index (κ3) is 4.79. The van der Waals surface area contributed by atoms with E-state index >= 15 is 0 Å². The number of likely N-dealkylation sites (tertiary alicyclic amines) is 1. The normalized spacial score (nSPS) is 16.4. The first-order valence-electron chi connectivity index (χ1n) is 10.3. The molecule has 2 aromatic carbocycles. The molecule has 0 atom stereocenters. The van der Waals surface area contributed by atoms with Crippen LogP contribution in [0.1, 0.15) is 30.4 Å². The van der Waals surface area contributed by atoms with Gasteiger partial charge in [-0.05, 0) is 69.1 Å². The number of para-hydroxylation sites is 1. The maximum Gasteiger partial charge on any atom is 0.0457 e. The average Bonchev–Trinajstić information content (AvgIpc) is 3.11. The Morgan fingerprint density at radius 1 is 1.00 bits per heavy atom. The number of hydrogen-bond acceptors (Lipinski definition) is 2. The van der Waals surface area contributed by atoms with Gasteiger partial charge >= 0.3 is 0 Å².